The Labute approximate surface area is 119 Å². The maximum absolute atomic E-state index is 12.7. The average Bonchev–Trinajstić information content (AvgIpc) is 2.90. The standard InChI is InChI=1S/C16H21NO3/c1-11(18)12-5-4-8-17(9-12)16(19)14-10-20-15-7-3-2-6-13(14)15/h2-3,6-7,11-12,14,18H,4-5,8-10H2,1H3. The van der Waals surface area contributed by atoms with E-state index in [-0.39, 0.29) is 23.8 Å². The number of para-hydroxylation sites is 1. The topological polar surface area (TPSA) is 49.8 Å². The van der Waals surface area contributed by atoms with Gasteiger partial charge in [0.05, 0.1) is 6.10 Å². The Morgan fingerprint density at radius 1 is 1.45 bits per heavy atom. The zero-order valence-corrected chi connectivity index (χ0v) is 11.8. The molecule has 0 saturated carbocycles. The molecule has 1 saturated heterocycles. The molecule has 1 aromatic rings. The third kappa shape index (κ3) is 2.40. The van der Waals surface area contributed by atoms with Crippen LogP contribution in [0.5, 0.6) is 5.75 Å². The van der Waals surface area contributed by atoms with E-state index in [0.29, 0.717) is 13.2 Å². The second-order valence-corrected chi connectivity index (χ2v) is 5.83. The predicted octanol–water partition coefficient (Wildman–Crippen LogP) is 1.78. The molecule has 1 amide bonds. The lowest BCUT2D eigenvalue weighted by molar-refractivity contribution is -0.135. The summed E-state index contributed by atoms with van der Waals surface area (Å²) in [6.07, 6.45) is 1.62. The van der Waals surface area contributed by atoms with Crippen molar-refractivity contribution in [2.75, 3.05) is 19.7 Å². The summed E-state index contributed by atoms with van der Waals surface area (Å²) < 4.78 is 5.60. The number of nitrogens with zero attached hydrogens (tertiary/aromatic N) is 1. The molecular formula is C16H21NO3. The van der Waals surface area contributed by atoms with Gasteiger partial charge < -0.3 is 14.7 Å². The van der Waals surface area contributed by atoms with Crippen molar-refractivity contribution in [2.24, 2.45) is 5.92 Å². The number of amides is 1. The van der Waals surface area contributed by atoms with Crippen molar-refractivity contribution in [1.82, 2.24) is 4.90 Å². The number of fused-ring (bicyclic) bond motifs is 1. The van der Waals surface area contributed by atoms with E-state index in [1.807, 2.05) is 36.1 Å². The molecule has 0 aromatic heterocycles. The number of piperidine rings is 1. The summed E-state index contributed by atoms with van der Waals surface area (Å²) in [4.78, 5) is 14.6. The summed E-state index contributed by atoms with van der Waals surface area (Å²) in [6, 6.07) is 7.76. The fourth-order valence-corrected chi connectivity index (χ4v) is 3.19. The average molecular weight is 275 g/mol. The maximum Gasteiger partial charge on any atom is 0.233 e. The van der Waals surface area contributed by atoms with Crippen LogP contribution in [0.1, 0.15) is 31.2 Å². The number of aliphatic hydroxyl groups is 1. The van der Waals surface area contributed by atoms with Crippen LogP contribution in [0.4, 0.5) is 0 Å². The monoisotopic (exact) mass is 275 g/mol. The summed E-state index contributed by atoms with van der Waals surface area (Å²) in [7, 11) is 0. The molecule has 1 N–H and O–H groups in total. The zero-order chi connectivity index (χ0) is 14.1. The van der Waals surface area contributed by atoms with Gasteiger partial charge in [-0.25, -0.2) is 0 Å². The van der Waals surface area contributed by atoms with Gasteiger partial charge in [0.2, 0.25) is 5.91 Å². The van der Waals surface area contributed by atoms with Crippen molar-refractivity contribution in [3.63, 3.8) is 0 Å². The number of ether oxygens (including phenoxy) is 1. The minimum absolute atomic E-state index is 0.139. The SMILES string of the molecule is CC(O)C1CCCN(C(=O)C2COc3ccccc32)C1. The van der Waals surface area contributed by atoms with Crippen LogP contribution in [0, 0.1) is 5.92 Å². The van der Waals surface area contributed by atoms with Crippen LogP contribution in [0.15, 0.2) is 24.3 Å². The maximum atomic E-state index is 12.7. The Morgan fingerprint density at radius 3 is 3.05 bits per heavy atom. The molecule has 3 unspecified atom stereocenters. The van der Waals surface area contributed by atoms with E-state index in [0.717, 1.165) is 30.7 Å². The van der Waals surface area contributed by atoms with E-state index >= 15 is 0 Å². The normalized spacial score (nSPS) is 26.8. The fourth-order valence-electron chi connectivity index (χ4n) is 3.19. The van der Waals surface area contributed by atoms with Crippen LogP contribution >= 0.6 is 0 Å². The molecule has 1 aromatic carbocycles. The summed E-state index contributed by atoms with van der Waals surface area (Å²) in [5.74, 6) is 0.986. The van der Waals surface area contributed by atoms with Crippen molar-refractivity contribution in [3.8, 4) is 5.75 Å². The van der Waals surface area contributed by atoms with Gasteiger partial charge in [0, 0.05) is 24.6 Å². The van der Waals surface area contributed by atoms with Crippen molar-refractivity contribution in [2.45, 2.75) is 31.8 Å². The Balaban J connectivity index is 1.74. The van der Waals surface area contributed by atoms with E-state index in [9.17, 15) is 9.90 Å². The van der Waals surface area contributed by atoms with Crippen LogP contribution in [0.3, 0.4) is 0 Å². The molecule has 0 radical (unpaired) electrons. The minimum atomic E-state index is -0.349. The lowest BCUT2D eigenvalue weighted by Gasteiger charge is -2.35. The molecule has 1 fully saturated rings. The van der Waals surface area contributed by atoms with Gasteiger partial charge in [-0.1, -0.05) is 18.2 Å². The smallest absolute Gasteiger partial charge is 0.233 e. The highest BCUT2D eigenvalue weighted by molar-refractivity contribution is 5.85. The number of carbonyl (C=O) groups is 1. The Morgan fingerprint density at radius 2 is 2.25 bits per heavy atom. The molecule has 2 heterocycles. The van der Waals surface area contributed by atoms with Crippen LogP contribution in [0.2, 0.25) is 0 Å². The highest BCUT2D eigenvalue weighted by atomic mass is 16.5. The van der Waals surface area contributed by atoms with E-state index in [1.54, 1.807) is 0 Å². The summed E-state index contributed by atoms with van der Waals surface area (Å²) in [5.41, 5.74) is 0.997. The van der Waals surface area contributed by atoms with Gasteiger partial charge >= 0.3 is 0 Å². The third-order valence-corrected chi connectivity index (χ3v) is 4.45. The predicted molar refractivity (Wildman–Crippen MR) is 75.7 cm³/mol. The van der Waals surface area contributed by atoms with Gasteiger partial charge in [0.25, 0.3) is 0 Å². The molecule has 0 bridgehead atoms. The number of aliphatic hydroxyl groups excluding tert-OH is 1. The molecule has 108 valence electrons. The van der Waals surface area contributed by atoms with E-state index in [2.05, 4.69) is 0 Å². The Hall–Kier alpha value is -1.55. The first-order valence-electron chi connectivity index (χ1n) is 7.35. The van der Waals surface area contributed by atoms with Gasteiger partial charge in [-0.3, -0.25) is 4.79 Å². The first kappa shape index (κ1) is 13.4. The molecule has 0 aliphatic carbocycles. The summed E-state index contributed by atoms with van der Waals surface area (Å²) >= 11 is 0. The van der Waals surface area contributed by atoms with Gasteiger partial charge in [-0.2, -0.15) is 0 Å². The number of likely N-dealkylation sites (tertiary alicyclic amines) is 1. The first-order chi connectivity index (χ1) is 9.66. The summed E-state index contributed by atoms with van der Waals surface area (Å²) in [5, 5.41) is 9.74. The van der Waals surface area contributed by atoms with E-state index in [1.165, 1.54) is 0 Å². The molecule has 20 heavy (non-hydrogen) atoms. The number of benzene rings is 1. The van der Waals surface area contributed by atoms with Crippen molar-refractivity contribution < 1.29 is 14.6 Å². The molecule has 2 aliphatic heterocycles. The summed E-state index contributed by atoms with van der Waals surface area (Å²) in [6.45, 7) is 3.70. The fraction of sp³-hybridized carbons (Fsp3) is 0.562. The number of carbonyl (C=O) groups excluding carboxylic acids is 1. The highest BCUT2D eigenvalue weighted by Gasteiger charge is 2.35. The Kier molecular flexibility index (Phi) is 3.66. The van der Waals surface area contributed by atoms with E-state index in [4.69, 9.17) is 4.74 Å². The quantitative estimate of drug-likeness (QED) is 0.895. The zero-order valence-electron chi connectivity index (χ0n) is 11.8. The van der Waals surface area contributed by atoms with Crippen molar-refractivity contribution in [3.05, 3.63) is 29.8 Å². The third-order valence-electron chi connectivity index (χ3n) is 4.45. The molecule has 0 spiro atoms. The lowest BCUT2D eigenvalue weighted by Crippen LogP contribution is -2.45. The second-order valence-electron chi connectivity index (χ2n) is 5.83. The van der Waals surface area contributed by atoms with Crippen LogP contribution in [-0.2, 0) is 4.79 Å². The van der Waals surface area contributed by atoms with Gasteiger partial charge in [-0.05, 0) is 25.8 Å². The second kappa shape index (κ2) is 5.44. The van der Waals surface area contributed by atoms with Crippen molar-refractivity contribution >= 4 is 5.91 Å². The molecule has 3 atom stereocenters. The molecule has 4 nitrogen and oxygen atoms in total. The lowest BCUT2D eigenvalue weighted by atomic mass is 9.91. The largest absolute Gasteiger partial charge is 0.492 e. The van der Waals surface area contributed by atoms with Crippen LogP contribution in [0.25, 0.3) is 0 Å². The Bertz CT molecular complexity index is 500. The number of hydrogen-bond donors (Lipinski definition) is 1. The van der Waals surface area contributed by atoms with E-state index < -0.39 is 0 Å². The minimum Gasteiger partial charge on any atom is -0.492 e. The van der Waals surface area contributed by atoms with Gasteiger partial charge in [0.15, 0.2) is 0 Å². The van der Waals surface area contributed by atoms with Crippen molar-refractivity contribution in [1.29, 1.82) is 0 Å². The highest BCUT2D eigenvalue weighted by Crippen LogP contribution is 2.35. The molecular weight excluding hydrogens is 254 g/mol. The van der Waals surface area contributed by atoms with Gasteiger partial charge in [-0.15, -0.1) is 0 Å². The van der Waals surface area contributed by atoms with Crippen LogP contribution < -0.4 is 4.74 Å². The molecule has 4 heteroatoms. The molecule has 3 rings (SSSR count). The van der Waals surface area contributed by atoms with Gasteiger partial charge in [0.1, 0.15) is 18.3 Å². The number of hydrogen-bond acceptors (Lipinski definition) is 3. The number of rotatable bonds is 2. The van der Waals surface area contributed by atoms with Crippen LogP contribution in [-0.4, -0.2) is 41.7 Å². The first-order valence-corrected chi connectivity index (χ1v) is 7.35. The molecule has 2 aliphatic rings.